The minimum absolute atomic E-state index is 0.0902. The average Bonchev–Trinajstić information content (AvgIpc) is 2.93. The highest BCUT2D eigenvalue weighted by atomic mass is 16.3. The molecule has 3 aromatic rings. The van der Waals surface area contributed by atoms with Crippen LogP contribution < -0.4 is 16.8 Å². The van der Waals surface area contributed by atoms with E-state index < -0.39 is 24.4 Å². The van der Waals surface area contributed by atoms with Gasteiger partial charge in [0.1, 0.15) is 0 Å². The van der Waals surface area contributed by atoms with Gasteiger partial charge in [-0.05, 0) is 37.6 Å². The van der Waals surface area contributed by atoms with Crippen molar-refractivity contribution < 1.29 is 20.4 Å². The number of benzene rings is 3. The van der Waals surface area contributed by atoms with Crippen LogP contribution in [0, 0.1) is 0 Å². The van der Waals surface area contributed by atoms with Crippen LogP contribution in [0.3, 0.4) is 0 Å². The summed E-state index contributed by atoms with van der Waals surface area (Å²) >= 11 is 0. The van der Waals surface area contributed by atoms with E-state index in [1.165, 1.54) is 0 Å². The van der Waals surface area contributed by atoms with Gasteiger partial charge in [-0.25, -0.2) is 0 Å². The third-order valence-electron chi connectivity index (χ3n) is 5.47. The Hall–Kier alpha value is -2.62. The van der Waals surface area contributed by atoms with Crippen LogP contribution in [0.5, 0.6) is 0 Å². The van der Waals surface area contributed by atoms with Crippen LogP contribution in [-0.4, -0.2) is 52.2 Å². The molecule has 6 atom stereocenters. The highest BCUT2D eigenvalue weighted by Crippen LogP contribution is 2.16. The summed E-state index contributed by atoms with van der Waals surface area (Å²) in [6.45, 7) is 3.53. The standard InChI is InChI=1S/C10H15NO.C9H13NO2.C9H13NO/c1-8(11-2)10(12)9-6-4-3-5-7-9;10-8(6-11)9(12)7-4-2-1-3-5-7;1-7(10)9(11)8-5-3-2-4-6-8/h3-8,10-12H,1-2H3;1-5,8-9,11-12H,6,10H2;2-7,9,11H,10H2,1H3. The van der Waals surface area contributed by atoms with Crippen molar-refractivity contribution in [3.63, 3.8) is 0 Å². The molecule has 0 aliphatic carbocycles. The van der Waals surface area contributed by atoms with Crippen LogP contribution in [0.15, 0.2) is 91.0 Å². The molecular formula is C28H41N3O4. The summed E-state index contributed by atoms with van der Waals surface area (Å²) in [4.78, 5) is 0. The van der Waals surface area contributed by atoms with E-state index in [4.69, 9.17) is 16.6 Å². The number of likely N-dealkylation sites (N-methyl/N-ethyl adjacent to an activating group) is 1. The summed E-state index contributed by atoms with van der Waals surface area (Å²) in [6, 6.07) is 27.4. The van der Waals surface area contributed by atoms with Crippen molar-refractivity contribution >= 4 is 0 Å². The van der Waals surface area contributed by atoms with Crippen LogP contribution in [0.2, 0.25) is 0 Å². The number of aliphatic hydroxyl groups is 4. The highest BCUT2D eigenvalue weighted by molar-refractivity contribution is 5.20. The molecule has 0 fully saturated rings. The monoisotopic (exact) mass is 483 g/mol. The molecule has 0 aliphatic rings. The minimum Gasteiger partial charge on any atom is -0.395 e. The smallest absolute Gasteiger partial charge is 0.0963 e. The van der Waals surface area contributed by atoms with Crippen molar-refractivity contribution in [1.82, 2.24) is 5.32 Å². The zero-order chi connectivity index (χ0) is 26.2. The first-order chi connectivity index (χ1) is 16.7. The number of hydrogen-bond donors (Lipinski definition) is 7. The van der Waals surface area contributed by atoms with Gasteiger partial charge in [0.15, 0.2) is 0 Å². The first kappa shape index (κ1) is 30.4. The summed E-state index contributed by atoms with van der Waals surface area (Å²) in [6.07, 6.45) is -1.75. The molecule has 0 bridgehead atoms. The Morgan fingerprint density at radius 2 is 0.971 bits per heavy atom. The average molecular weight is 484 g/mol. The molecule has 0 saturated carbocycles. The molecular weight excluding hydrogens is 442 g/mol. The molecule has 3 rings (SSSR count). The molecule has 192 valence electrons. The maximum Gasteiger partial charge on any atom is 0.0963 e. The van der Waals surface area contributed by atoms with E-state index in [0.29, 0.717) is 0 Å². The van der Waals surface area contributed by atoms with Gasteiger partial charge in [0.2, 0.25) is 0 Å². The fourth-order valence-corrected chi connectivity index (χ4v) is 3.05. The SMILES string of the molecule is CC(N)C(O)c1ccccc1.CNC(C)C(O)c1ccccc1.NC(CO)C(O)c1ccccc1. The molecule has 6 unspecified atom stereocenters. The van der Waals surface area contributed by atoms with Crippen molar-refractivity contribution in [2.45, 2.75) is 50.3 Å². The maximum atomic E-state index is 9.73. The normalized spacial score (nSPS) is 15.7. The van der Waals surface area contributed by atoms with Gasteiger partial charge in [0, 0.05) is 12.1 Å². The minimum atomic E-state index is -0.781. The first-order valence-corrected chi connectivity index (χ1v) is 11.7. The third-order valence-corrected chi connectivity index (χ3v) is 5.47. The Labute approximate surface area is 209 Å². The predicted molar refractivity (Wildman–Crippen MR) is 141 cm³/mol. The predicted octanol–water partition coefficient (Wildman–Crippen LogP) is 2.43. The molecule has 0 radical (unpaired) electrons. The molecule has 0 heterocycles. The fraction of sp³-hybridized carbons (Fsp3) is 0.357. The van der Waals surface area contributed by atoms with Crippen LogP contribution in [0.1, 0.15) is 48.8 Å². The molecule has 0 amide bonds. The Morgan fingerprint density at radius 3 is 1.29 bits per heavy atom. The Bertz CT molecular complexity index is 846. The zero-order valence-corrected chi connectivity index (χ0v) is 20.8. The summed E-state index contributed by atoms with van der Waals surface area (Å²) < 4.78 is 0. The van der Waals surface area contributed by atoms with Crippen molar-refractivity contribution in [3.05, 3.63) is 108 Å². The van der Waals surface area contributed by atoms with Gasteiger partial charge in [0.05, 0.1) is 31.0 Å². The molecule has 35 heavy (non-hydrogen) atoms. The van der Waals surface area contributed by atoms with E-state index in [1.54, 1.807) is 19.1 Å². The molecule has 3 aromatic carbocycles. The van der Waals surface area contributed by atoms with Gasteiger partial charge in [0.25, 0.3) is 0 Å². The van der Waals surface area contributed by atoms with Crippen molar-refractivity contribution in [2.75, 3.05) is 13.7 Å². The lowest BCUT2D eigenvalue weighted by Gasteiger charge is -2.17. The van der Waals surface area contributed by atoms with Crippen LogP contribution >= 0.6 is 0 Å². The van der Waals surface area contributed by atoms with Crippen molar-refractivity contribution in [2.24, 2.45) is 11.5 Å². The lowest BCUT2D eigenvalue weighted by atomic mass is 10.0. The topological polar surface area (TPSA) is 145 Å². The molecule has 7 nitrogen and oxygen atoms in total. The van der Waals surface area contributed by atoms with E-state index in [1.807, 2.05) is 92.8 Å². The second kappa shape index (κ2) is 16.9. The van der Waals surface area contributed by atoms with Gasteiger partial charge >= 0.3 is 0 Å². The number of hydrogen-bond acceptors (Lipinski definition) is 7. The Morgan fingerprint density at radius 1 is 0.629 bits per heavy atom. The Balaban J connectivity index is 0.000000263. The summed E-state index contributed by atoms with van der Waals surface area (Å²) in [7, 11) is 1.84. The summed E-state index contributed by atoms with van der Waals surface area (Å²) in [5.41, 5.74) is 13.5. The lowest BCUT2D eigenvalue weighted by Crippen LogP contribution is -2.31. The highest BCUT2D eigenvalue weighted by Gasteiger charge is 2.15. The van der Waals surface area contributed by atoms with E-state index in [-0.39, 0.29) is 18.7 Å². The van der Waals surface area contributed by atoms with Gasteiger partial charge in [-0.2, -0.15) is 0 Å². The van der Waals surface area contributed by atoms with E-state index >= 15 is 0 Å². The van der Waals surface area contributed by atoms with Gasteiger partial charge in [-0.1, -0.05) is 91.0 Å². The molecule has 0 spiro atoms. The van der Waals surface area contributed by atoms with Gasteiger partial charge in [-0.3, -0.25) is 0 Å². The molecule has 0 aromatic heterocycles. The molecule has 0 aliphatic heterocycles. The molecule has 9 N–H and O–H groups in total. The van der Waals surface area contributed by atoms with E-state index in [2.05, 4.69) is 5.32 Å². The molecule has 0 saturated heterocycles. The maximum absolute atomic E-state index is 9.73. The van der Waals surface area contributed by atoms with Crippen LogP contribution in [0.4, 0.5) is 0 Å². The summed E-state index contributed by atoms with van der Waals surface area (Å²) in [5, 5.41) is 40.4. The summed E-state index contributed by atoms with van der Waals surface area (Å²) in [5.74, 6) is 0. The van der Waals surface area contributed by atoms with Crippen molar-refractivity contribution in [1.29, 1.82) is 0 Å². The third kappa shape index (κ3) is 11.1. The van der Waals surface area contributed by atoms with E-state index in [9.17, 15) is 15.3 Å². The van der Waals surface area contributed by atoms with Crippen LogP contribution in [0.25, 0.3) is 0 Å². The van der Waals surface area contributed by atoms with Gasteiger partial charge in [-0.15, -0.1) is 0 Å². The largest absolute Gasteiger partial charge is 0.395 e. The second-order valence-electron chi connectivity index (χ2n) is 8.35. The quantitative estimate of drug-likeness (QED) is 0.261. The van der Waals surface area contributed by atoms with E-state index in [0.717, 1.165) is 16.7 Å². The van der Waals surface area contributed by atoms with Crippen molar-refractivity contribution in [3.8, 4) is 0 Å². The second-order valence-corrected chi connectivity index (χ2v) is 8.35. The zero-order valence-electron chi connectivity index (χ0n) is 20.8. The number of nitrogens with two attached hydrogens (primary N) is 2. The van der Waals surface area contributed by atoms with Crippen LogP contribution in [-0.2, 0) is 0 Å². The molecule has 7 heteroatoms. The van der Waals surface area contributed by atoms with Gasteiger partial charge < -0.3 is 37.2 Å². The Kier molecular flexibility index (Phi) is 14.7. The lowest BCUT2D eigenvalue weighted by molar-refractivity contribution is 0.109. The first-order valence-electron chi connectivity index (χ1n) is 11.7. The number of rotatable bonds is 8. The number of nitrogens with one attached hydrogen (secondary N) is 1. The number of aliphatic hydroxyl groups excluding tert-OH is 4. The fourth-order valence-electron chi connectivity index (χ4n) is 3.05.